The number of carboxylic acid groups (broad SMARTS) is 1. The van der Waals surface area contributed by atoms with Gasteiger partial charge in [0, 0.05) is 36.8 Å². The molecule has 0 amide bonds. The normalized spacial score (nSPS) is 13.1. The fourth-order valence-electron chi connectivity index (χ4n) is 3.65. The van der Waals surface area contributed by atoms with Crippen LogP contribution in [0.4, 0.5) is 24.7 Å². The van der Waals surface area contributed by atoms with Crippen LogP contribution in [0.5, 0.6) is 0 Å². The molecule has 0 unspecified atom stereocenters. The number of hydrogen-bond donors (Lipinski definition) is 3. The van der Waals surface area contributed by atoms with Crippen molar-refractivity contribution in [3.8, 4) is 5.82 Å². The number of carbonyl (C=O) groups is 1. The van der Waals surface area contributed by atoms with E-state index in [9.17, 15) is 33.0 Å². The summed E-state index contributed by atoms with van der Waals surface area (Å²) in [6.07, 6.45) is 1.04. The number of halogens is 4. The first-order valence-electron chi connectivity index (χ1n) is 11.2. The minimum atomic E-state index is -1.65. The molecule has 1 fully saturated rings. The number of fused-ring (bicyclic) bond motifs is 1. The average Bonchev–Trinajstić information content (AvgIpc) is 2.81. The lowest BCUT2D eigenvalue weighted by atomic mass is 10.1. The van der Waals surface area contributed by atoms with Gasteiger partial charge in [-0.25, -0.2) is 22.9 Å². The predicted molar refractivity (Wildman–Crippen MR) is 135 cm³/mol. The van der Waals surface area contributed by atoms with E-state index in [-0.39, 0.29) is 29.3 Å². The number of aromatic carboxylic acids is 1. The second-order valence-corrected chi connectivity index (χ2v) is 9.20. The first-order chi connectivity index (χ1) is 17.9. The molecule has 4 rings (SSSR count). The summed E-state index contributed by atoms with van der Waals surface area (Å²) in [6, 6.07) is 1.21. The third-order valence-electron chi connectivity index (χ3n) is 5.60. The topological polar surface area (TPSA) is 170 Å². The molecule has 1 aliphatic heterocycles. The predicted octanol–water partition coefficient (Wildman–Crippen LogP) is 4.26. The van der Waals surface area contributed by atoms with Crippen LogP contribution in [0, 0.1) is 23.4 Å². The van der Waals surface area contributed by atoms with Gasteiger partial charge in [-0.3, -0.25) is 9.36 Å². The number of aromatic nitrogens is 2. The van der Waals surface area contributed by atoms with Crippen LogP contribution in [0.1, 0.15) is 30.6 Å². The van der Waals surface area contributed by atoms with E-state index in [1.807, 2.05) is 0 Å². The standard InChI is InChI=1S/C18H12ClF3N4O4.C5H11N3/c19-12-13-7(1-9(20)14(12)25-3-6(27)4-25)15(28)8(18(29)30)5-26(13)17-11(22)2-10(21)16(23)24-17;1-5(2)3-4-7-8-6/h1-2,5-6,27H,3-4H2,(H2,23,24)(H,29,30);5H,3-4H2,1-2H3. The Morgan fingerprint density at radius 3 is 2.50 bits per heavy atom. The summed E-state index contributed by atoms with van der Waals surface area (Å²) in [5.41, 5.74) is 11.0. The monoisotopic (exact) mass is 553 g/mol. The summed E-state index contributed by atoms with van der Waals surface area (Å²) in [7, 11) is 0. The number of nitrogen functional groups attached to an aromatic ring is 1. The number of hydrogen-bond acceptors (Lipinski definition) is 7. The Kier molecular flexibility index (Phi) is 8.71. The zero-order valence-corrected chi connectivity index (χ0v) is 21.0. The van der Waals surface area contributed by atoms with Crippen molar-refractivity contribution in [2.24, 2.45) is 11.0 Å². The molecule has 0 saturated carbocycles. The number of rotatable bonds is 6. The highest BCUT2D eigenvalue weighted by atomic mass is 35.5. The Morgan fingerprint density at radius 1 is 1.29 bits per heavy atom. The molecule has 1 aromatic carbocycles. The van der Waals surface area contributed by atoms with Crippen LogP contribution >= 0.6 is 11.6 Å². The van der Waals surface area contributed by atoms with Gasteiger partial charge < -0.3 is 20.8 Å². The maximum absolute atomic E-state index is 14.8. The van der Waals surface area contributed by atoms with Gasteiger partial charge in [-0.2, -0.15) is 0 Å². The second kappa shape index (κ2) is 11.6. The number of carboxylic acids is 1. The van der Waals surface area contributed by atoms with E-state index in [1.165, 1.54) is 4.90 Å². The molecule has 3 aromatic rings. The Hall–Kier alpha value is -4.00. The van der Waals surface area contributed by atoms with E-state index in [0.29, 0.717) is 18.5 Å². The maximum Gasteiger partial charge on any atom is 0.341 e. The molecule has 1 aliphatic rings. The number of pyridine rings is 2. The molecule has 0 atom stereocenters. The fraction of sp³-hybridized carbons (Fsp3) is 0.348. The maximum atomic E-state index is 14.8. The highest BCUT2D eigenvalue weighted by Gasteiger charge is 2.31. The molecule has 202 valence electrons. The molecule has 0 bridgehead atoms. The molecule has 0 aliphatic carbocycles. The van der Waals surface area contributed by atoms with Crippen LogP contribution in [0.25, 0.3) is 27.2 Å². The molecule has 4 N–H and O–H groups in total. The summed E-state index contributed by atoms with van der Waals surface area (Å²) in [4.78, 5) is 31.7. The largest absolute Gasteiger partial charge is 0.477 e. The van der Waals surface area contributed by atoms with Gasteiger partial charge >= 0.3 is 5.97 Å². The number of aliphatic hydroxyl groups excluding tert-OH is 1. The van der Waals surface area contributed by atoms with Crippen molar-refractivity contribution in [1.29, 1.82) is 0 Å². The third kappa shape index (κ3) is 5.77. The number of nitrogens with two attached hydrogens (primary N) is 1. The smallest absolute Gasteiger partial charge is 0.341 e. The Labute approximate surface area is 218 Å². The van der Waals surface area contributed by atoms with Crippen molar-refractivity contribution >= 4 is 40.0 Å². The molecular weight excluding hydrogens is 531 g/mol. The molecule has 38 heavy (non-hydrogen) atoms. The summed E-state index contributed by atoms with van der Waals surface area (Å²) >= 11 is 6.36. The molecule has 11 nitrogen and oxygen atoms in total. The van der Waals surface area contributed by atoms with E-state index in [1.54, 1.807) is 0 Å². The van der Waals surface area contributed by atoms with Gasteiger partial charge in [-0.1, -0.05) is 30.6 Å². The number of anilines is 2. The Balaban J connectivity index is 0.000000436. The van der Waals surface area contributed by atoms with E-state index >= 15 is 0 Å². The van der Waals surface area contributed by atoms with Gasteiger partial charge in [0.1, 0.15) is 11.4 Å². The molecular formula is C23H23ClF3N7O4. The van der Waals surface area contributed by atoms with Crippen molar-refractivity contribution in [1.82, 2.24) is 9.55 Å². The van der Waals surface area contributed by atoms with Crippen LogP contribution in [-0.4, -0.2) is 51.5 Å². The van der Waals surface area contributed by atoms with E-state index < -0.39 is 57.5 Å². The first-order valence-corrected chi connectivity index (χ1v) is 11.6. The van der Waals surface area contributed by atoms with Crippen LogP contribution < -0.4 is 16.1 Å². The molecule has 3 heterocycles. The lowest BCUT2D eigenvalue weighted by Crippen LogP contribution is -2.51. The average molecular weight is 554 g/mol. The van der Waals surface area contributed by atoms with Crippen molar-refractivity contribution in [3.05, 3.63) is 67.0 Å². The van der Waals surface area contributed by atoms with Crippen LogP contribution in [0.3, 0.4) is 0 Å². The first kappa shape index (κ1) is 28.6. The second-order valence-electron chi connectivity index (χ2n) is 8.82. The Morgan fingerprint density at radius 2 is 1.95 bits per heavy atom. The van der Waals surface area contributed by atoms with Crippen molar-refractivity contribution < 1.29 is 28.2 Å². The summed E-state index contributed by atoms with van der Waals surface area (Å²) in [5.74, 6) is -5.63. The quantitative estimate of drug-likeness (QED) is 0.232. The fourth-order valence-corrected chi connectivity index (χ4v) is 4.05. The van der Waals surface area contributed by atoms with Crippen LogP contribution in [-0.2, 0) is 0 Å². The van der Waals surface area contributed by atoms with Gasteiger partial charge in [-0.05, 0) is 23.9 Å². The zero-order valence-electron chi connectivity index (χ0n) is 20.2. The third-order valence-corrected chi connectivity index (χ3v) is 5.96. The lowest BCUT2D eigenvalue weighted by Gasteiger charge is -2.38. The SMILES string of the molecule is CC(C)CCN=[N+]=[N-].Nc1nc(-n2cc(C(=O)O)c(=O)c3cc(F)c(N4CC(O)C4)c(Cl)c32)c(F)cc1F. The molecule has 0 radical (unpaired) electrons. The minimum absolute atomic E-state index is 0.0652. The number of nitrogens with zero attached hydrogens (tertiary/aromatic N) is 6. The highest BCUT2D eigenvalue weighted by molar-refractivity contribution is 6.38. The van der Waals surface area contributed by atoms with Gasteiger partial charge in [0.05, 0.1) is 27.7 Å². The van der Waals surface area contributed by atoms with E-state index in [2.05, 4.69) is 28.9 Å². The molecule has 2 aromatic heterocycles. The number of β-amino-alcohol motifs (C(OH)–C–C–N with tert-alkyl or cyclic N) is 1. The molecule has 15 heteroatoms. The van der Waals surface area contributed by atoms with Crippen LogP contribution in [0.2, 0.25) is 5.02 Å². The molecule has 0 spiro atoms. The highest BCUT2D eigenvalue weighted by Crippen LogP contribution is 2.38. The van der Waals surface area contributed by atoms with Gasteiger partial charge in [-0.15, -0.1) is 0 Å². The van der Waals surface area contributed by atoms with Gasteiger partial charge in [0.25, 0.3) is 0 Å². The van der Waals surface area contributed by atoms with Crippen molar-refractivity contribution in [2.45, 2.75) is 26.4 Å². The summed E-state index contributed by atoms with van der Waals surface area (Å²) in [5, 5.41) is 21.5. The minimum Gasteiger partial charge on any atom is -0.477 e. The van der Waals surface area contributed by atoms with Crippen molar-refractivity contribution in [3.63, 3.8) is 0 Å². The number of benzene rings is 1. The number of aliphatic hydroxyl groups is 1. The lowest BCUT2D eigenvalue weighted by molar-refractivity contribution is 0.0695. The summed E-state index contributed by atoms with van der Waals surface area (Å²) in [6.45, 7) is 4.97. The van der Waals surface area contributed by atoms with Crippen LogP contribution in [0.15, 0.2) is 28.2 Å². The van der Waals surface area contributed by atoms with Gasteiger partial charge in [0.15, 0.2) is 23.3 Å². The number of azide groups is 1. The molecule has 1 saturated heterocycles. The zero-order chi connectivity index (χ0) is 28.3. The summed E-state index contributed by atoms with van der Waals surface area (Å²) < 4.78 is 43.6. The van der Waals surface area contributed by atoms with Gasteiger partial charge in [0.2, 0.25) is 5.43 Å². The Bertz CT molecular complexity index is 1500. The van der Waals surface area contributed by atoms with E-state index in [0.717, 1.165) is 23.3 Å². The van der Waals surface area contributed by atoms with E-state index in [4.69, 9.17) is 22.9 Å². The van der Waals surface area contributed by atoms with Crippen molar-refractivity contribution in [2.75, 3.05) is 30.3 Å².